The Morgan fingerprint density at radius 2 is 0.500 bits per heavy atom. The molecule has 6 heteroatoms. The van der Waals surface area contributed by atoms with E-state index >= 15 is 0 Å². The van der Waals surface area contributed by atoms with Gasteiger partial charge in [0.05, 0.1) is 0 Å². The van der Waals surface area contributed by atoms with E-state index in [9.17, 15) is 0 Å². The summed E-state index contributed by atoms with van der Waals surface area (Å²) in [6.45, 7) is 40.0. The molecule has 0 saturated carbocycles. The maximum absolute atomic E-state index is 7.50. The molecule has 0 spiro atoms. The van der Waals surface area contributed by atoms with Gasteiger partial charge in [0.25, 0.3) is 0 Å². The van der Waals surface area contributed by atoms with Crippen molar-refractivity contribution in [2.45, 2.75) is 69.2 Å². The Labute approximate surface area is 204 Å². The molecule has 0 aliphatic heterocycles. The van der Waals surface area contributed by atoms with Gasteiger partial charge < -0.3 is 0 Å². The van der Waals surface area contributed by atoms with Crippen LogP contribution in [0.2, 0.25) is 0 Å². The Hall–Kier alpha value is -1.28. The van der Waals surface area contributed by atoms with Crippen molar-refractivity contribution in [3.05, 3.63) is 82.2 Å². The minimum absolute atomic E-state index is 0. The Morgan fingerprint density at radius 1 is 0.400 bits per heavy atom. The zero-order valence-corrected chi connectivity index (χ0v) is 22.0. The second-order valence-corrected chi connectivity index (χ2v) is 6.25. The van der Waals surface area contributed by atoms with Gasteiger partial charge in [0.15, 0.2) is 0 Å². The average Bonchev–Trinajstić information content (AvgIpc) is 3.04. The Balaban J connectivity index is -0.0000000686. The molecule has 2 aromatic rings. The molecule has 0 fully saturated rings. The predicted molar refractivity (Wildman–Crippen MR) is 107 cm³/mol. The van der Waals surface area contributed by atoms with Gasteiger partial charge in [0.1, 0.15) is 0 Å². The van der Waals surface area contributed by atoms with Crippen LogP contribution in [0.25, 0.3) is 0 Å². The summed E-state index contributed by atoms with van der Waals surface area (Å²) in [4.78, 5) is 0. The summed E-state index contributed by atoms with van der Waals surface area (Å²) in [5, 5.41) is 0. The van der Waals surface area contributed by atoms with E-state index in [1.165, 1.54) is 55.6 Å². The molecule has 2 radical (unpaired) electrons. The van der Waals surface area contributed by atoms with E-state index in [0.29, 0.717) is 0 Å². The fourth-order valence-electron chi connectivity index (χ4n) is 2.81. The maximum Gasteiger partial charge on any atom is 5.00 e. The van der Waals surface area contributed by atoms with Crippen molar-refractivity contribution >= 4 is 0 Å². The van der Waals surface area contributed by atoms with Crippen LogP contribution in [0.1, 0.15) is 55.6 Å². The molecule has 30 heavy (non-hydrogen) atoms. The molecule has 0 aliphatic carbocycles. The van der Waals surface area contributed by atoms with Gasteiger partial charge in [0, 0.05) is 0 Å². The van der Waals surface area contributed by atoms with Crippen LogP contribution in [-0.2, 0) is 53.3 Å². The molecule has 0 aliphatic rings. The molecule has 0 unspecified atom stereocenters. The molecule has 0 bridgehead atoms. The smallest absolute Gasteiger partial charge is 5.00 e. The SMILES string of the molecule is Cc1c(C)c(C)[c-](C)c1C.Cc1c(C)c(C)[c-](C)c1C.[C-]#[O+].[C-]#[O+].[C-]#[O+].[C-]#[O+].[Cr+5].[Cr+5]. The van der Waals surface area contributed by atoms with Crippen molar-refractivity contribution in [2.24, 2.45) is 0 Å². The van der Waals surface area contributed by atoms with E-state index in [2.05, 4.69) is 95.8 Å². The normalized spacial score (nSPS) is 7.27. The molecule has 0 saturated heterocycles. The second kappa shape index (κ2) is 24.0. The summed E-state index contributed by atoms with van der Waals surface area (Å²) < 4.78 is 30.0. The van der Waals surface area contributed by atoms with Crippen LogP contribution in [0.4, 0.5) is 0 Å². The van der Waals surface area contributed by atoms with E-state index in [1.807, 2.05) is 0 Å². The minimum Gasteiger partial charge on any atom is 5.00 e. The van der Waals surface area contributed by atoms with Crippen molar-refractivity contribution in [3.8, 4) is 0 Å². The largest absolute Gasteiger partial charge is 5.00 e. The summed E-state index contributed by atoms with van der Waals surface area (Å²) in [5.41, 5.74) is 14.7. The molecular weight excluding hydrogens is 456 g/mol. The van der Waals surface area contributed by atoms with Crippen molar-refractivity contribution in [2.75, 3.05) is 0 Å². The third-order valence-corrected chi connectivity index (χ3v) is 5.62. The summed E-state index contributed by atoms with van der Waals surface area (Å²) >= 11 is 0. The van der Waals surface area contributed by atoms with E-state index < -0.39 is 0 Å². The van der Waals surface area contributed by atoms with Crippen LogP contribution in [0.15, 0.2) is 0 Å². The third kappa shape index (κ3) is 11.8. The fraction of sp³-hybridized carbons (Fsp3) is 0.417. The number of hydrogen-bond donors (Lipinski definition) is 0. The van der Waals surface area contributed by atoms with Gasteiger partial charge in [-0.3, -0.25) is 0 Å². The Morgan fingerprint density at radius 3 is 0.533 bits per heavy atom. The Bertz CT molecular complexity index is 560. The summed E-state index contributed by atoms with van der Waals surface area (Å²) in [6.07, 6.45) is 0. The second-order valence-electron chi connectivity index (χ2n) is 6.25. The van der Waals surface area contributed by atoms with Crippen LogP contribution in [0.3, 0.4) is 0 Å². The van der Waals surface area contributed by atoms with Gasteiger partial charge in [0.2, 0.25) is 0 Å². The first kappa shape index (κ1) is 42.8. The quantitative estimate of drug-likeness (QED) is 0.336. The first-order valence-corrected chi connectivity index (χ1v) is 8.32. The number of hydrogen-bond acceptors (Lipinski definition) is 0. The van der Waals surface area contributed by atoms with Crippen molar-refractivity contribution in [3.63, 3.8) is 0 Å². The zero-order chi connectivity index (χ0) is 23.8. The topological polar surface area (TPSA) is 79.6 Å². The average molecular weight is 486 g/mol. The number of rotatable bonds is 0. The van der Waals surface area contributed by atoms with Gasteiger partial charge in [-0.1, -0.05) is 69.2 Å². The van der Waals surface area contributed by atoms with Gasteiger partial charge in [-0.25, -0.2) is 0 Å². The molecule has 4 nitrogen and oxygen atoms in total. The van der Waals surface area contributed by atoms with Crippen LogP contribution in [0.5, 0.6) is 0 Å². The van der Waals surface area contributed by atoms with E-state index in [-0.39, 0.29) is 34.7 Å². The summed E-state index contributed by atoms with van der Waals surface area (Å²) in [7, 11) is 0. The zero-order valence-electron chi connectivity index (χ0n) is 19.4. The molecule has 0 aromatic heterocycles. The molecule has 2 aromatic carbocycles. The van der Waals surface area contributed by atoms with Crippen LogP contribution in [-0.4, -0.2) is 0 Å². The third-order valence-electron chi connectivity index (χ3n) is 5.62. The first-order chi connectivity index (χ1) is 13.1. The van der Waals surface area contributed by atoms with E-state index in [0.717, 1.165) is 0 Å². The molecule has 0 heterocycles. The van der Waals surface area contributed by atoms with Crippen LogP contribution in [0, 0.1) is 95.8 Å². The fourth-order valence-corrected chi connectivity index (χ4v) is 2.81. The summed E-state index contributed by atoms with van der Waals surface area (Å²) in [5.74, 6) is 0. The molecular formula is C24H30Cr2O4+8. The monoisotopic (exact) mass is 486 g/mol. The van der Waals surface area contributed by atoms with Gasteiger partial charge >= 0.3 is 79.9 Å². The summed E-state index contributed by atoms with van der Waals surface area (Å²) in [6, 6.07) is 0. The maximum atomic E-state index is 7.50. The predicted octanol–water partition coefficient (Wildman–Crippen LogP) is 5.74. The molecule has 154 valence electrons. The molecule has 0 N–H and O–H groups in total. The van der Waals surface area contributed by atoms with Crippen LogP contribution < -0.4 is 0 Å². The minimum atomic E-state index is 0. The molecule has 0 atom stereocenters. The standard InChI is InChI=1S/2C10H15.4CO.2Cr/c2*1-6-7(2)9(4)10(5)8(6)3;4*1-2;;/h2*1-5H3;;;;;;/q2*-1;;;;;2*+5. The van der Waals surface area contributed by atoms with E-state index in [1.54, 1.807) is 0 Å². The van der Waals surface area contributed by atoms with E-state index in [4.69, 9.17) is 18.6 Å². The Kier molecular flexibility index (Phi) is 34.2. The van der Waals surface area contributed by atoms with Crippen molar-refractivity contribution < 1.29 is 53.3 Å². The van der Waals surface area contributed by atoms with Gasteiger partial charge in [-0.05, 0) is 0 Å². The molecule has 0 amide bonds. The molecule has 2 rings (SSSR count). The first-order valence-electron chi connectivity index (χ1n) is 8.32. The van der Waals surface area contributed by atoms with Crippen molar-refractivity contribution in [1.82, 2.24) is 0 Å². The van der Waals surface area contributed by atoms with Gasteiger partial charge in [-0.2, -0.15) is 55.6 Å². The van der Waals surface area contributed by atoms with Gasteiger partial charge in [-0.15, -0.1) is 0 Å². The van der Waals surface area contributed by atoms with Crippen LogP contribution >= 0.6 is 0 Å². The van der Waals surface area contributed by atoms with Crippen molar-refractivity contribution in [1.29, 1.82) is 0 Å².